The minimum Gasteiger partial charge on any atom is -0.495 e. The van der Waals surface area contributed by atoms with Crippen molar-refractivity contribution in [2.45, 2.75) is 19.1 Å². The van der Waals surface area contributed by atoms with Crippen LogP contribution in [0.3, 0.4) is 0 Å². The maximum atomic E-state index is 5.47. The lowest BCUT2D eigenvalue weighted by atomic mass is 10.0. The first-order chi connectivity index (χ1) is 8.60. The summed E-state index contributed by atoms with van der Waals surface area (Å²) in [5.41, 5.74) is 1.03. The number of halogens is 1. The molecule has 0 aliphatic heterocycles. The van der Waals surface area contributed by atoms with Crippen molar-refractivity contribution < 1.29 is 14.2 Å². The zero-order valence-corrected chi connectivity index (χ0v) is 13.0. The van der Waals surface area contributed by atoms with E-state index < -0.39 is 0 Å². The molecule has 102 valence electrons. The van der Waals surface area contributed by atoms with Gasteiger partial charge in [0.05, 0.1) is 26.4 Å². The first kappa shape index (κ1) is 15.3. The summed E-state index contributed by atoms with van der Waals surface area (Å²) < 4.78 is 16.9. The van der Waals surface area contributed by atoms with E-state index in [1.54, 1.807) is 21.3 Å². The van der Waals surface area contributed by atoms with E-state index in [-0.39, 0.29) is 12.1 Å². The summed E-state index contributed by atoms with van der Waals surface area (Å²) in [7, 11) is 6.87. The lowest BCUT2D eigenvalue weighted by molar-refractivity contribution is 0.0847. The molecule has 0 saturated heterocycles. The zero-order valence-electron chi connectivity index (χ0n) is 11.4. The lowest BCUT2D eigenvalue weighted by Crippen LogP contribution is -2.29. The molecule has 0 saturated carbocycles. The molecule has 4 nitrogen and oxygen atoms in total. The van der Waals surface area contributed by atoms with Gasteiger partial charge in [-0.3, -0.25) is 0 Å². The zero-order chi connectivity index (χ0) is 13.7. The number of likely N-dealkylation sites (N-methyl/N-ethyl adjacent to an activating group) is 1. The average Bonchev–Trinajstić information content (AvgIpc) is 2.39. The van der Waals surface area contributed by atoms with Gasteiger partial charge in [0.1, 0.15) is 16.0 Å². The third kappa shape index (κ3) is 2.96. The normalized spacial score (nSPS) is 14.1. The van der Waals surface area contributed by atoms with Crippen molar-refractivity contribution >= 4 is 15.9 Å². The Labute approximate surface area is 117 Å². The second-order valence-electron chi connectivity index (χ2n) is 3.91. The van der Waals surface area contributed by atoms with Crippen LogP contribution in [0.15, 0.2) is 16.6 Å². The van der Waals surface area contributed by atoms with Crippen LogP contribution in [0.25, 0.3) is 0 Å². The number of hydrogen-bond acceptors (Lipinski definition) is 4. The largest absolute Gasteiger partial charge is 0.495 e. The molecule has 0 spiro atoms. The highest BCUT2D eigenvalue weighted by Crippen LogP contribution is 2.40. The van der Waals surface area contributed by atoms with Crippen molar-refractivity contribution in [3.8, 4) is 11.5 Å². The molecule has 2 unspecified atom stereocenters. The Hall–Kier alpha value is -0.780. The van der Waals surface area contributed by atoms with E-state index in [0.717, 1.165) is 21.5 Å². The predicted octanol–water partition coefficient (Wildman–Crippen LogP) is 2.76. The summed E-state index contributed by atoms with van der Waals surface area (Å²) in [4.78, 5) is 0. The second kappa shape index (κ2) is 6.97. The van der Waals surface area contributed by atoms with Gasteiger partial charge in [-0.25, -0.2) is 0 Å². The van der Waals surface area contributed by atoms with E-state index in [1.165, 1.54) is 0 Å². The molecule has 1 N–H and O–H groups in total. The van der Waals surface area contributed by atoms with Crippen LogP contribution in [0.5, 0.6) is 11.5 Å². The van der Waals surface area contributed by atoms with Crippen molar-refractivity contribution in [3.63, 3.8) is 0 Å². The van der Waals surface area contributed by atoms with Crippen LogP contribution in [-0.2, 0) is 4.74 Å². The van der Waals surface area contributed by atoms with Crippen molar-refractivity contribution in [2.24, 2.45) is 0 Å². The Balaban J connectivity index is 3.26. The topological polar surface area (TPSA) is 39.7 Å². The monoisotopic (exact) mass is 317 g/mol. The van der Waals surface area contributed by atoms with Gasteiger partial charge < -0.3 is 19.5 Å². The van der Waals surface area contributed by atoms with Crippen LogP contribution >= 0.6 is 15.9 Å². The highest BCUT2D eigenvalue weighted by Gasteiger charge is 2.23. The summed E-state index contributed by atoms with van der Waals surface area (Å²) in [6.45, 7) is 2.01. The van der Waals surface area contributed by atoms with Crippen LogP contribution < -0.4 is 14.8 Å². The van der Waals surface area contributed by atoms with Crippen LogP contribution in [0.2, 0.25) is 0 Å². The summed E-state index contributed by atoms with van der Waals surface area (Å²) in [6.07, 6.45) is 0.0317. The third-order valence-corrected chi connectivity index (χ3v) is 3.75. The van der Waals surface area contributed by atoms with Crippen molar-refractivity contribution in [3.05, 3.63) is 22.2 Å². The number of hydrogen-bond donors (Lipinski definition) is 1. The van der Waals surface area contributed by atoms with Crippen molar-refractivity contribution in [1.29, 1.82) is 0 Å². The Morgan fingerprint density at radius 3 is 2.28 bits per heavy atom. The van der Waals surface area contributed by atoms with Crippen LogP contribution in [0.4, 0.5) is 0 Å². The van der Waals surface area contributed by atoms with Gasteiger partial charge in [0, 0.05) is 12.7 Å². The predicted molar refractivity (Wildman–Crippen MR) is 75.5 cm³/mol. The van der Waals surface area contributed by atoms with Crippen LogP contribution in [-0.4, -0.2) is 34.5 Å². The van der Waals surface area contributed by atoms with E-state index in [9.17, 15) is 0 Å². The second-order valence-corrected chi connectivity index (χ2v) is 4.70. The van der Waals surface area contributed by atoms with Crippen molar-refractivity contribution in [2.75, 3.05) is 28.4 Å². The van der Waals surface area contributed by atoms with Gasteiger partial charge in [0.2, 0.25) is 0 Å². The molecule has 0 radical (unpaired) electrons. The molecule has 0 fully saturated rings. The Morgan fingerprint density at radius 2 is 1.83 bits per heavy atom. The quantitative estimate of drug-likeness (QED) is 0.875. The Kier molecular flexibility index (Phi) is 5.91. The molecule has 1 rings (SSSR count). The number of nitrogens with one attached hydrogen (secondary N) is 1. The third-order valence-electron chi connectivity index (χ3n) is 3.00. The first-order valence-electron chi connectivity index (χ1n) is 5.71. The maximum Gasteiger partial charge on any atom is 0.141 e. The van der Waals surface area contributed by atoms with Gasteiger partial charge in [0.15, 0.2) is 0 Å². The first-order valence-corrected chi connectivity index (χ1v) is 6.50. The molecule has 1 aromatic rings. The molecular weight excluding hydrogens is 298 g/mol. The molecule has 0 amide bonds. The number of ether oxygens (including phenoxy) is 3. The maximum absolute atomic E-state index is 5.47. The van der Waals surface area contributed by atoms with Gasteiger partial charge in [0.25, 0.3) is 0 Å². The molecule has 0 bridgehead atoms. The minimum absolute atomic E-state index is 0.0317. The summed E-state index contributed by atoms with van der Waals surface area (Å²) in [5, 5.41) is 3.24. The molecule has 0 aliphatic carbocycles. The van der Waals surface area contributed by atoms with Gasteiger partial charge in [-0.2, -0.15) is 0 Å². The van der Waals surface area contributed by atoms with E-state index in [4.69, 9.17) is 14.2 Å². The average molecular weight is 318 g/mol. The van der Waals surface area contributed by atoms with E-state index in [0.29, 0.717) is 0 Å². The highest BCUT2D eigenvalue weighted by molar-refractivity contribution is 9.10. The van der Waals surface area contributed by atoms with Gasteiger partial charge in [-0.05, 0) is 42.0 Å². The smallest absolute Gasteiger partial charge is 0.141 e. The number of rotatable bonds is 6. The van der Waals surface area contributed by atoms with Crippen molar-refractivity contribution in [1.82, 2.24) is 5.32 Å². The Bertz CT molecular complexity index is 398. The fraction of sp³-hybridized carbons (Fsp3) is 0.538. The molecule has 1 aromatic carbocycles. The van der Waals surface area contributed by atoms with Gasteiger partial charge in [-0.1, -0.05) is 0 Å². The minimum atomic E-state index is 0.0317. The fourth-order valence-corrected chi connectivity index (χ4v) is 2.63. The number of benzene rings is 1. The highest BCUT2D eigenvalue weighted by atomic mass is 79.9. The van der Waals surface area contributed by atoms with Crippen LogP contribution in [0.1, 0.15) is 18.5 Å². The van der Waals surface area contributed by atoms with Gasteiger partial charge in [-0.15, -0.1) is 0 Å². The van der Waals surface area contributed by atoms with E-state index >= 15 is 0 Å². The fourth-order valence-electron chi connectivity index (χ4n) is 1.94. The molecular formula is C13H20BrNO3. The van der Waals surface area contributed by atoms with Gasteiger partial charge >= 0.3 is 0 Å². The number of methoxy groups -OCH3 is 3. The summed E-state index contributed by atoms with van der Waals surface area (Å²) >= 11 is 3.50. The molecule has 0 aromatic heterocycles. The summed E-state index contributed by atoms with van der Waals surface area (Å²) in [6, 6.07) is 3.94. The van der Waals surface area contributed by atoms with Crippen LogP contribution in [0, 0.1) is 0 Å². The van der Waals surface area contributed by atoms with E-state index in [1.807, 2.05) is 26.1 Å². The SMILES string of the molecule is CNC(c1ccc(OC)c(Br)c1OC)C(C)OC. The van der Waals surface area contributed by atoms with E-state index in [2.05, 4.69) is 21.2 Å². The standard InChI is InChI=1S/C13H20BrNO3/c1-8(16-3)12(15-2)9-6-7-10(17-4)11(14)13(9)18-5/h6-8,12,15H,1-5H3. The summed E-state index contributed by atoms with van der Waals surface area (Å²) in [5.74, 6) is 1.51. The molecule has 2 atom stereocenters. The lowest BCUT2D eigenvalue weighted by Gasteiger charge is -2.25. The molecule has 18 heavy (non-hydrogen) atoms. The molecule has 0 aliphatic rings. The molecule has 0 heterocycles. The Morgan fingerprint density at radius 1 is 1.17 bits per heavy atom. The molecule has 5 heteroatoms.